The minimum Gasteiger partial charge on any atom is -0.495 e. The SMILES string of the molecule is COc1cc(C(=O)OCC(=O)Nc2cc(C)nn2C)cc(OC)c1Br. The lowest BCUT2D eigenvalue weighted by atomic mass is 10.2. The summed E-state index contributed by atoms with van der Waals surface area (Å²) in [6.45, 7) is 1.38. The first kappa shape index (κ1) is 18.8. The molecule has 25 heavy (non-hydrogen) atoms. The van der Waals surface area contributed by atoms with E-state index in [-0.39, 0.29) is 5.56 Å². The summed E-state index contributed by atoms with van der Waals surface area (Å²) in [5.74, 6) is 0.223. The molecule has 134 valence electrons. The second-order valence-corrected chi connectivity index (χ2v) is 5.91. The van der Waals surface area contributed by atoms with Crippen molar-refractivity contribution in [1.82, 2.24) is 9.78 Å². The van der Waals surface area contributed by atoms with Gasteiger partial charge < -0.3 is 19.5 Å². The Balaban J connectivity index is 2.02. The van der Waals surface area contributed by atoms with Gasteiger partial charge in [-0.3, -0.25) is 9.48 Å². The third-order valence-corrected chi connectivity index (χ3v) is 4.07. The number of nitrogens with one attached hydrogen (secondary N) is 1. The molecule has 2 rings (SSSR count). The van der Waals surface area contributed by atoms with Crippen molar-refractivity contribution in [3.63, 3.8) is 0 Å². The van der Waals surface area contributed by atoms with Crippen molar-refractivity contribution in [3.05, 3.63) is 33.9 Å². The Labute approximate surface area is 153 Å². The molecule has 1 heterocycles. The van der Waals surface area contributed by atoms with E-state index < -0.39 is 18.5 Å². The molecule has 0 fully saturated rings. The van der Waals surface area contributed by atoms with E-state index in [0.717, 1.165) is 5.69 Å². The molecule has 0 aliphatic rings. The molecular formula is C16H18BrN3O5. The second kappa shape index (κ2) is 8.02. The van der Waals surface area contributed by atoms with Crippen LogP contribution in [-0.4, -0.2) is 42.5 Å². The Morgan fingerprint density at radius 2 is 1.80 bits per heavy atom. The number of esters is 1. The summed E-state index contributed by atoms with van der Waals surface area (Å²) in [5.41, 5.74) is 0.977. The molecule has 1 amide bonds. The van der Waals surface area contributed by atoms with Crippen LogP contribution in [0.15, 0.2) is 22.7 Å². The number of aryl methyl sites for hydroxylation is 2. The number of hydrogen-bond donors (Lipinski definition) is 1. The van der Waals surface area contributed by atoms with Crippen molar-refractivity contribution in [2.24, 2.45) is 7.05 Å². The maximum atomic E-state index is 12.2. The van der Waals surface area contributed by atoms with Crippen LogP contribution in [0.3, 0.4) is 0 Å². The third kappa shape index (κ3) is 4.50. The van der Waals surface area contributed by atoms with E-state index in [1.807, 2.05) is 6.92 Å². The highest BCUT2D eigenvalue weighted by atomic mass is 79.9. The summed E-state index contributed by atoms with van der Waals surface area (Å²) < 4.78 is 17.5. The summed E-state index contributed by atoms with van der Waals surface area (Å²) in [5, 5.41) is 6.73. The number of aromatic nitrogens is 2. The molecule has 0 unspecified atom stereocenters. The molecule has 9 heteroatoms. The Bertz CT molecular complexity index is 778. The van der Waals surface area contributed by atoms with Crippen molar-refractivity contribution in [3.8, 4) is 11.5 Å². The summed E-state index contributed by atoms with van der Waals surface area (Å²) in [4.78, 5) is 24.1. The lowest BCUT2D eigenvalue weighted by Gasteiger charge is -2.11. The molecule has 8 nitrogen and oxygen atoms in total. The molecule has 0 aliphatic carbocycles. The van der Waals surface area contributed by atoms with Gasteiger partial charge in [-0.15, -0.1) is 0 Å². The first-order chi connectivity index (χ1) is 11.8. The minimum absolute atomic E-state index is 0.209. The van der Waals surface area contributed by atoms with E-state index >= 15 is 0 Å². The van der Waals surface area contributed by atoms with E-state index in [4.69, 9.17) is 14.2 Å². The van der Waals surface area contributed by atoms with Crippen LogP contribution in [0.1, 0.15) is 16.1 Å². The van der Waals surface area contributed by atoms with Gasteiger partial charge in [-0.25, -0.2) is 4.79 Å². The summed E-state index contributed by atoms with van der Waals surface area (Å²) in [6, 6.07) is 4.71. The van der Waals surface area contributed by atoms with Crippen LogP contribution in [0, 0.1) is 6.92 Å². The molecule has 0 saturated carbocycles. The number of amides is 1. The quantitative estimate of drug-likeness (QED) is 0.733. The number of rotatable bonds is 6. The van der Waals surface area contributed by atoms with E-state index in [2.05, 4.69) is 26.3 Å². The molecule has 1 aromatic carbocycles. The average molecular weight is 412 g/mol. The van der Waals surface area contributed by atoms with Gasteiger partial charge in [0, 0.05) is 13.1 Å². The van der Waals surface area contributed by atoms with Crippen LogP contribution in [0.2, 0.25) is 0 Å². The lowest BCUT2D eigenvalue weighted by Crippen LogP contribution is -2.22. The van der Waals surface area contributed by atoms with Gasteiger partial charge in [0.05, 0.1) is 25.5 Å². The Hall–Kier alpha value is -2.55. The van der Waals surface area contributed by atoms with Gasteiger partial charge in [0.2, 0.25) is 0 Å². The predicted molar refractivity (Wildman–Crippen MR) is 94.1 cm³/mol. The Morgan fingerprint density at radius 3 is 2.28 bits per heavy atom. The smallest absolute Gasteiger partial charge is 0.338 e. The Kier molecular flexibility index (Phi) is 6.02. The third-order valence-electron chi connectivity index (χ3n) is 3.29. The van der Waals surface area contributed by atoms with Crippen LogP contribution >= 0.6 is 15.9 Å². The largest absolute Gasteiger partial charge is 0.495 e. The first-order valence-electron chi connectivity index (χ1n) is 7.24. The van der Waals surface area contributed by atoms with Gasteiger partial charge in [0.25, 0.3) is 5.91 Å². The summed E-state index contributed by atoms with van der Waals surface area (Å²) in [7, 11) is 4.64. The van der Waals surface area contributed by atoms with Gasteiger partial charge in [-0.05, 0) is 35.0 Å². The van der Waals surface area contributed by atoms with E-state index in [1.54, 1.807) is 13.1 Å². The number of hydrogen-bond acceptors (Lipinski definition) is 6. The van der Waals surface area contributed by atoms with E-state index in [0.29, 0.717) is 21.8 Å². The zero-order valence-corrected chi connectivity index (χ0v) is 15.8. The van der Waals surface area contributed by atoms with Crippen LogP contribution in [0.25, 0.3) is 0 Å². The zero-order chi connectivity index (χ0) is 18.6. The Morgan fingerprint density at radius 1 is 1.20 bits per heavy atom. The van der Waals surface area contributed by atoms with Crippen LogP contribution in [-0.2, 0) is 16.6 Å². The van der Waals surface area contributed by atoms with Gasteiger partial charge in [0.1, 0.15) is 21.8 Å². The topological polar surface area (TPSA) is 91.7 Å². The number of benzene rings is 1. The van der Waals surface area contributed by atoms with Gasteiger partial charge in [-0.1, -0.05) is 0 Å². The van der Waals surface area contributed by atoms with Crippen molar-refractivity contribution >= 4 is 33.6 Å². The number of halogens is 1. The van der Waals surface area contributed by atoms with E-state index in [9.17, 15) is 9.59 Å². The van der Waals surface area contributed by atoms with Crippen LogP contribution in [0.5, 0.6) is 11.5 Å². The second-order valence-electron chi connectivity index (χ2n) is 5.11. The highest BCUT2D eigenvalue weighted by molar-refractivity contribution is 9.10. The fourth-order valence-corrected chi connectivity index (χ4v) is 2.66. The van der Waals surface area contributed by atoms with Crippen molar-refractivity contribution < 1.29 is 23.8 Å². The molecule has 0 spiro atoms. The fraction of sp³-hybridized carbons (Fsp3) is 0.312. The fourth-order valence-electron chi connectivity index (χ4n) is 2.11. The predicted octanol–water partition coefficient (Wildman–Crippen LogP) is 2.30. The van der Waals surface area contributed by atoms with Crippen LogP contribution < -0.4 is 14.8 Å². The molecule has 0 bridgehead atoms. The van der Waals surface area contributed by atoms with E-state index in [1.165, 1.54) is 31.0 Å². The highest BCUT2D eigenvalue weighted by Gasteiger charge is 2.17. The average Bonchev–Trinajstić information content (AvgIpc) is 2.90. The van der Waals surface area contributed by atoms with Crippen LogP contribution in [0.4, 0.5) is 5.82 Å². The molecule has 2 aromatic rings. The summed E-state index contributed by atoms with van der Waals surface area (Å²) >= 11 is 3.32. The minimum atomic E-state index is -0.666. The molecule has 1 aromatic heterocycles. The van der Waals surface area contributed by atoms with Gasteiger partial charge >= 0.3 is 5.97 Å². The van der Waals surface area contributed by atoms with Crippen molar-refractivity contribution in [2.45, 2.75) is 6.92 Å². The summed E-state index contributed by atoms with van der Waals surface area (Å²) in [6.07, 6.45) is 0. The number of methoxy groups -OCH3 is 2. The standard InChI is InChI=1S/C16H18BrN3O5/c1-9-5-13(20(2)19-9)18-14(21)8-25-16(22)10-6-11(23-3)15(17)12(7-10)24-4/h5-7H,8H2,1-4H3,(H,18,21). The molecule has 0 saturated heterocycles. The maximum absolute atomic E-state index is 12.2. The highest BCUT2D eigenvalue weighted by Crippen LogP contribution is 2.35. The monoisotopic (exact) mass is 411 g/mol. The molecule has 0 aliphatic heterocycles. The molecule has 1 N–H and O–H groups in total. The zero-order valence-electron chi connectivity index (χ0n) is 14.3. The molecule has 0 atom stereocenters. The molecule has 0 radical (unpaired) electrons. The number of carbonyl (C=O) groups is 2. The number of carbonyl (C=O) groups excluding carboxylic acids is 2. The first-order valence-corrected chi connectivity index (χ1v) is 8.04. The normalized spacial score (nSPS) is 10.3. The van der Waals surface area contributed by atoms with Crippen molar-refractivity contribution in [2.75, 3.05) is 26.1 Å². The van der Waals surface area contributed by atoms with Gasteiger partial charge in [0.15, 0.2) is 6.61 Å². The van der Waals surface area contributed by atoms with Gasteiger partial charge in [-0.2, -0.15) is 5.10 Å². The number of nitrogens with zero attached hydrogens (tertiary/aromatic N) is 2. The number of ether oxygens (including phenoxy) is 3. The van der Waals surface area contributed by atoms with Crippen molar-refractivity contribution in [1.29, 1.82) is 0 Å². The number of anilines is 1. The maximum Gasteiger partial charge on any atom is 0.338 e. The molecular weight excluding hydrogens is 394 g/mol. The lowest BCUT2D eigenvalue weighted by molar-refractivity contribution is -0.119.